The van der Waals surface area contributed by atoms with Gasteiger partial charge in [-0.25, -0.2) is 9.78 Å². The zero-order chi connectivity index (χ0) is 15.5. The van der Waals surface area contributed by atoms with Crippen LogP contribution in [0.25, 0.3) is 11.4 Å². The van der Waals surface area contributed by atoms with E-state index in [-0.39, 0.29) is 12.3 Å². The lowest BCUT2D eigenvalue weighted by molar-refractivity contribution is 0.0522. The number of hydrogen-bond donors (Lipinski definition) is 3. The maximum atomic E-state index is 11.5. The smallest absolute Gasteiger partial charge is 0.408 e. The molecule has 0 aliphatic carbocycles. The van der Waals surface area contributed by atoms with E-state index in [4.69, 9.17) is 4.74 Å². The Morgan fingerprint density at radius 1 is 1.43 bits per heavy atom. The van der Waals surface area contributed by atoms with E-state index in [9.17, 15) is 9.90 Å². The van der Waals surface area contributed by atoms with E-state index in [1.807, 2.05) is 0 Å². The largest absolute Gasteiger partial charge is 0.508 e. The third kappa shape index (κ3) is 4.48. The van der Waals surface area contributed by atoms with E-state index in [1.165, 1.54) is 0 Å². The molecule has 1 heterocycles. The summed E-state index contributed by atoms with van der Waals surface area (Å²) in [6, 6.07) is 6.63. The van der Waals surface area contributed by atoms with Crippen molar-refractivity contribution in [3.05, 3.63) is 30.1 Å². The van der Waals surface area contributed by atoms with Crippen molar-refractivity contribution in [1.29, 1.82) is 0 Å². The quantitative estimate of drug-likeness (QED) is 0.804. The molecule has 1 aromatic carbocycles. The second kappa shape index (κ2) is 5.82. The maximum absolute atomic E-state index is 11.5. The topological polar surface area (TPSA) is 100 Å². The van der Waals surface area contributed by atoms with Gasteiger partial charge in [0.25, 0.3) is 0 Å². The lowest BCUT2D eigenvalue weighted by Gasteiger charge is -2.19. The number of nitrogens with one attached hydrogen (secondary N) is 2. The van der Waals surface area contributed by atoms with Gasteiger partial charge in [0, 0.05) is 5.56 Å². The van der Waals surface area contributed by atoms with Crippen LogP contribution in [0, 0.1) is 0 Å². The number of phenols is 1. The van der Waals surface area contributed by atoms with Crippen LogP contribution in [0.2, 0.25) is 0 Å². The normalized spacial score (nSPS) is 11.2. The summed E-state index contributed by atoms with van der Waals surface area (Å²) in [4.78, 5) is 15.8. The molecule has 112 valence electrons. The summed E-state index contributed by atoms with van der Waals surface area (Å²) in [6.07, 6.45) is -0.516. The highest BCUT2D eigenvalue weighted by Crippen LogP contribution is 2.19. The molecular weight excluding hydrogens is 272 g/mol. The Morgan fingerprint density at radius 2 is 2.19 bits per heavy atom. The van der Waals surface area contributed by atoms with Crippen molar-refractivity contribution in [1.82, 2.24) is 20.5 Å². The standard InChI is InChI=1S/C14H18N4O3/c1-14(2,3)21-13(20)15-8-11-16-12(18-17-11)9-5-4-6-10(19)7-9/h4-7,19H,8H2,1-3H3,(H,15,20)(H,16,17,18). The van der Waals surface area contributed by atoms with Crippen LogP contribution in [0.4, 0.5) is 4.79 Å². The molecule has 0 radical (unpaired) electrons. The van der Waals surface area contributed by atoms with E-state index in [1.54, 1.807) is 45.0 Å². The number of alkyl carbamates (subject to hydrolysis) is 1. The minimum Gasteiger partial charge on any atom is -0.508 e. The van der Waals surface area contributed by atoms with Gasteiger partial charge < -0.3 is 15.2 Å². The van der Waals surface area contributed by atoms with Gasteiger partial charge in [-0.05, 0) is 32.9 Å². The first-order valence-electron chi connectivity index (χ1n) is 6.51. The minimum atomic E-state index is -0.543. The number of aromatic hydroxyl groups is 1. The summed E-state index contributed by atoms with van der Waals surface area (Å²) in [7, 11) is 0. The highest BCUT2D eigenvalue weighted by atomic mass is 16.6. The predicted molar refractivity (Wildman–Crippen MR) is 76.6 cm³/mol. The van der Waals surface area contributed by atoms with Gasteiger partial charge in [-0.2, -0.15) is 5.10 Å². The summed E-state index contributed by atoms with van der Waals surface area (Å²) >= 11 is 0. The van der Waals surface area contributed by atoms with Crippen molar-refractivity contribution in [2.24, 2.45) is 0 Å². The monoisotopic (exact) mass is 290 g/mol. The van der Waals surface area contributed by atoms with Gasteiger partial charge in [0.15, 0.2) is 5.82 Å². The Morgan fingerprint density at radius 3 is 2.86 bits per heavy atom. The average Bonchev–Trinajstić information content (AvgIpc) is 2.83. The first-order valence-corrected chi connectivity index (χ1v) is 6.51. The Kier molecular flexibility index (Phi) is 4.11. The van der Waals surface area contributed by atoms with Crippen molar-refractivity contribution in [2.45, 2.75) is 32.9 Å². The number of aromatic amines is 1. The maximum Gasteiger partial charge on any atom is 0.408 e. The molecule has 2 aromatic rings. The number of nitrogens with zero attached hydrogens (tertiary/aromatic N) is 2. The highest BCUT2D eigenvalue weighted by molar-refractivity contribution is 5.67. The van der Waals surface area contributed by atoms with Crippen LogP contribution in [0.3, 0.4) is 0 Å². The molecule has 7 heteroatoms. The van der Waals surface area contributed by atoms with E-state index >= 15 is 0 Å². The van der Waals surface area contributed by atoms with Crippen LogP contribution >= 0.6 is 0 Å². The Labute approximate surface area is 122 Å². The van der Waals surface area contributed by atoms with Crippen molar-refractivity contribution in [2.75, 3.05) is 0 Å². The lowest BCUT2D eigenvalue weighted by Crippen LogP contribution is -2.32. The summed E-state index contributed by atoms with van der Waals surface area (Å²) in [5, 5.41) is 18.8. The third-order valence-electron chi connectivity index (χ3n) is 2.44. The molecule has 0 saturated carbocycles. The predicted octanol–water partition coefficient (Wildman–Crippen LogP) is 2.20. The fourth-order valence-corrected chi connectivity index (χ4v) is 1.62. The SMILES string of the molecule is CC(C)(C)OC(=O)NCc1nc(-c2cccc(O)c2)n[nH]1. The second-order valence-corrected chi connectivity index (χ2v) is 5.51. The Balaban J connectivity index is 1.96. The molecule has 1 aromatic heterocycles. The first-order chi connectivity index (χ1) is 9.83. The number of benzene rings is 1. The number of carbonyl (C=O) groups excluding carboxylic acids is 1. The van der Waals surface area contributed by atoms with E-state index in [0.29, 0.717) is 17.2 Å². The number of ether oxygens (including phenoxy) is 1. The molecule has 0 spiro atoms. The van der Waals surface area contributed by atoms with Gasteiger partial charge in [0.2, 0.25) is 0 Å². The molecule has 0 atom stereocenters. The van der Waals surface area contributed by atoms with E-state index in [2.05, 4.69) is 20.5 Å². The molecule has 0 unspecified atom stereocenters. The van der Waals surface area contributed by atoms with Gasteiger partial charge in [-0.3, -0.25) is 5.10 Å². The molecule has 3 N–H and O–H groups in total. The highest BCUT2D eigenvalue weighted by Gasteiger charge is 2.16. The molecule has 0 aliphatic heterocycles. The number of amides is 1. The van der Waals surface area contributed by atoms with Gasteiger partial charge in [-0.1, -0.05) is 12.1 Å². The van der Waals surface area contributed by atoms with Gasteiger partial charge in [-0.15, -0.1) is 0 Å². The van der Waals surface area contributed by atoms with E-state index < -0.39 is 11.7 Å². The molecular formula is C14H18N4O3. The number of hydrogen-bond acceptors (Lipinski definition) is 5. The average molecular weight is 290 g/mol. The van der Waals surface area contributed by atoms with Gasteiger partial charge in [0.1, 0.15) is 17.2 Å². The molecule has 2 rings (SSSR count). The molecule has 0 fully saturated rings. The zero-order valence-electron chi connectivity index (χ0n) is 12.2. The minimum absolute atomic E-state index is 0.144. The summed E-state index contributed by atoms with van der Waals surface area (Å²) in [5.74, 6) is 1.09. The lowest BCUT2D eigenvalue weighted by atomic mass is 10.2. The van der Waals surface area contributed by atoms with Crippen molar-refractivity contribution in [3.8, 4) is 17.1 Å². The molecule has 21 heavy (non-hydrogen) atoms. The number of phenolic OH excluding ortho intramolecular Hbond substituents is 1. The van der Waals surface area contributed by atoms with Gasteiger partial charge >= 0.3 is 6.09 Å². The fourth-order valence-electron chi connectivity index (χ4n) is 1.62. The first kappa shape index (κ1) is 14.8. The van der Waals surface area contributed by atoms with Gasteiger partial charge in [0.05, 0.1) is 6.54 Å². The van der Waals surface area contributed by atoms with Crippen molar-refractivity contribution >= 4 is 6.09 Å². The van der Waals surface area contributed by atoms with Crippen LogP contribution in [-0.2, 0) is 11.3 Å². The van der Waals surface area contributed by atoms with Crippen LogP contribution in [0.1, 0.15) is 26.6 Å². The third-order valence-corrected chi connectivity index (χ3v) is 2.44. The Bertz CT molecular complexity index is 631. The van der Waals surface area contributed by atoms with E-state index in [0.717, 1.165) is 0 Å². The summed E-state index contributed by atoms with van der Waals surface area (Å²) in [6.45, 7) is 5.56. The van der Waals surface area contributed by atoms with Crippen molar-refractivity contribution < 1.29 is 14.6 Å². The summed E-state index contributed by atoms with van der Waals surface area (Å²) < 4.78 is 5.12. The Hall–Kier alpha value is -2.57. The number of rotatable bonds is 3. The van der Waals surface area contributed by atoms with Crippen LogP contribution in [0.5, 0.6) is 5.75 Å². The molecule has 1 amide bonds. The van der Waals surface area contributed by atoms with Crippen molar-refractivity contribution in [3.63, 3.8) is 0 Å². The second-order valence-electron chi connectivity index (χ2n) is 5.51. The molecule has 7 nitrogen and oxygen atoms in total. The number of aromatic nitrogens is 3. The van der Waals surface area contributed by atoms with Crippen LogP contribution < -0.4 is 5.32 Å². The zero-order valence-corrected chi connectivity index (χ0v) is 12.2. The van der Waals surface area contributed by atoms with Crippen LogP contribution in [0.15, 0.2) is 24.3 Å². The van der Waals surface area contributed by atoms with Crippen LogP contribution in [-0.4, -0.2) is 32.0 Å². The molecule has 0 bridgehead atoms. The summed E-state index contributed by atoms with van der Waals surface area (Å²) in [5.41, 5.74) is 0.146. The number of H-pyrrole nitrogens is 1. The fraction of sp³-hybridized carbons (Fsp3) is 0.357. The molecule has 0 saturated heterocycles. The molecule has 0 aliphatic rings. The number of carbonyl (C=O) groups is 1.